The number of benzene rings is 1. The van der Waals surface area contributed by atoms with Gasteiger partial charge in [0.2, 0.25) is 12.0 Å². The van der Waals surface area contributed by atoms with Crippen molar-refractivity contribution < 1.29 is 33.8 Å². The molecule has 0 radical (unpaired) electrons. The topological polar surface area (TPSA) is 122 Å². The summed E-state index contributed by atoms with van der Waals surface area (Å²) >= 11 is 0. The lowest BCUT2D eigenvalue weighted by molar-refractivity contribution is -0.179. The van der Waals surface area contributed by atoms with E-state index in [9.17, 15) is 24.3 Å². The third-order valence-corrected chi connectivity index (χ3v) is 4.87. The molecule has 2 amide bonds. The van der Waals surface area contributed by atoms with Crippen molar-refractivity contribution in [3.8, 4) is 0 Å². The summed E-state index contributed by atoms with van der Waals surface area (Å²) in [4.78, 5) is 50.0. The first-order valence-corrected chi connectivity index (χ1v) is 9.83. The minimum Gasteiger partial charge on any atom is -0.478 e. The maximum Gasteiger partial charge on any atom is 0.348 e. The van der Waals surface area contributed by atoms with Crippen LogP contribution in [0, 0.1) is 5.41 Å². The molecule has 1 fully saturated rings. The summed E-state index contributed by atoms with van der Waals surface area (Å²) in [5, 5.41) is 12.3. The molecule has 1 aromatic rings. The molecular formula is C21H26N2O7. The molecule has 2 aliphatic heterocycles. The minimum absolute atomic E-state index is 0.00588. The number of amides is 2. The van der Waals surface area contributed by atoms with Crippen LogP contribution in [-0.2, 0) is 35.1 Å². The molecule has 2 aliphatic rings. The zero-order valence-electron chi connectivity index (χ0n) is 17.3. The molecule has 0 aromatic heterocycles. The van der Waals surface area contributed by atoms with Gasteiger partial charge in [-0.15, -0.1) is 0 Å². The number of anilines is 2. The third kappa shape index (κ3) is 4.96. The van der Waals surface area contributed by atoms with E-state index in [1.807, 2.05) is 26.8 Å². The molecule has 0 saturated carbocycles. The Hall–Kier alpha value is -2.94. The van der Waals surface area contributed by atoms with Crippen LogP contribution in [0.4, 0.5) is 11.4 Å². The molecule has 2 atom stereocenters. The summed E-state index contributed by atoms with van der Waals surface area (Å²) in [6.07, 6.45) is -2.17. The highest BCUT2D eigenvalue weighted by molar-refractivity contribution is 6.02. The molecule has 9 nitrogen and oxygen atoms in total. The number of aryl methyl sites for hydroxylation is 1. The van der Waals surface area contributed by atoms with Gasteiger partial charge in [-0.2, -0.15) is 0 Å². The van der Waals surface area contributed by atoms with E-state index < -0.39 is 35.5 Å². The Balaban J connectivity index is 1.79. The molecule has 1 saturated heterocycles. The van der Waals surface area contributed by atoms with Crippen molar-refractivity contribution in [3.63, 3.8) is 0 Å². The molecule has 0 spiro atoms. The normalized spacial score (nSPS) is 20.2. The first-order valence-electron chi connectivity index (χ1n) is 9.83. The third-order valence-electron chi connectivity index (χ3n) is 4.87. The zero-order valence-corrected chi connectivity index (χ0v) is 17.3. The lowest BCUT2D eigenvalue weighted by atomic mass is 9.92. The lowest BCUT2D eigenvalue weighted by Crippen LogP contribution is -2.55. The van der Waals surface area contributed by atoms with E-state index in [0.29, 0.717) is 24.2 Å². The summed E-state index contributed by atoms with van der Waals surface area (Å²) in [5.41, 5.74) is 1.72. The van der Waals surface area contributed by atoms with E-state index in [1.54, 1.807) is 12.1 Å². The van der Waals surface area contributed by atoms with Gasteiger partial charge in [0, 0.05) is 24.3 Å². The molecule has 0 aliphatic carbocycles. The van der Waals surface area contributed by atoms with Gasteiger partial charge < -0.3 is 24.8 Å². The van der Waals surface area contributed by atoms with E-state index in [1.165, 1.54) is 4.90 Å². The molecular weight excluding hydrogens is 392 g/mol. The number of hydrogen-bond donors (Lipinski definition) is 2. The Bertz CT molecular complexity index is 875. The van der Waals surface area contributed by atoms with Gasteiger partial charge in [0.15, 0.2) is 6.10 Å². The molecule has 30 heavy (non-hydrogen) atoms. The van der Waals surface area contributed by atoms with Crippen LogP contribution in [-0.4, -0.2) is 54.2 Å². The fourth-order valence-electron chi connectivity index (χ4n) is 3.46. The molecule has 2 heterocycles. The fraction of sp³-hybridized carbons (Fsp3) is 0.524. The molecule has 0 unspecified atom stereocenters. The number of carboxylic acids is 1. The van der Waals surface area contributed by atoms with E-state index in [2.05, 4.69) is 5.32 Å². The molecule has 1 aromatic carbocycles. The highest BCUT2D eigenvalue weighted by Crippen LogP contribution is 2.30. The second kappa shape index (κ2) is 8.43. The Labute approximate surface area is 174 Å². The van der Waals surface area contributed by atoms with Gasteiger partial charge >= 0.3 is 11.9 Å². The minimum atomic E-state index is -1.74. The average Bonchev–Trinajstić information content (AvgIpc) is 2.64. The quantitative estimate of drug-likeness (QED) is 0.698. The lowest BCUT2D eigenvalue weighted by Gasteiger charge is -2.35. The van der Waals surface area contributed by atoms with E-state index in [-0.39, 0.29) is 25.5 Å². The summed E-state index contributed by atoms with van der Waals surface area (Å²) in [6.45, 7) is 5.76. The number of nitrogens with zero attached hydrogens (tertiary/aromatic N) is 1. The van der Waals surface area contributed by atoms with Crippen LogP contribution in [0.15, 0.2) is 18.2 Å². The fourth-order valence-corrected chi connectivity index (χ4v) is 3.46. The van der Waals surface area contributed by atoms with Gasteiger partial charge in [0.05, 0.1) is 13.0 Å². The zero-order chi connectivity index (χ0) is 22.1. The number of ether oxygens (including phenoxy) is 2. The van der Waals surface area contributed by atoms with Gasteiger partial charge in [-0.1, -0.05) is 26.8 Å². The Morgan fingerprint density at radius 3 is 2.70 bits per heavy atom. The highest BCUT2D eigenvalue weighted by atomic mass is 16.6. The van der Waals surface area contributed by atoms with Crippen LogP contribution >= 0.6 is 0 Å². The van der Waals surface area contributed by atoms with Gasteiger partial charge in [-0.05, 0) is 29.5 Å². The number of nitrogens with one attached hydrogen (secondary N) is 1. The van der Waals surface area contributed by atoms with Gasteiger partial charge in [0.1, 0.15) is 0 Å². The van der Waals surface area contributed by atoms with Crippen molar-refractivity contribution in [2.24, 2.45) is 5.41 Å². The summed E-state index contributed by atoms with van der Waals surface area (Å²) in [7, 11) is 0. The SMILES string of the molecule is CC(C)(C)CC(=O)O[C@@H](C(=O)O)[C@H]1OCCN(c2ccc3c(c2)NC(=O)CC3)C1=O. The summed E-state index contributed by atoms with van der Waals surface area (Å²) < 4.78 is 10.5. The van der Waals surface area contributed by atoms with Crippen molar-refractivity contribution in [3.05, 3.63) is 23.8 Å². The van der Waals surface area contributed by atoms with Gasteiger partial charge in [-0.25, -0.2) is 4.79 Å². The second-order valence-electron chi connectivity index (χ2n) is 8.66. The number of carboxylic acid groups (broad SMARTS) is 1. The number of carbonyl (C=O) groups is 4. The second-order valence-corrected chi connectivity index (χ2v) is 8.66. The average molecular weight is 418 g/mol. The maximum absolute atomic E-state index is 13.0. The highest BCUT2D eigenvalue weighted by Gasteiger charge is 2.43. The Kier molecular flexibility index (Phi) is 6.12. The molecule has 3 rings (SSSR count). The van der Waals surface area contributed by atoms with Crippen molar-refractivity contribution in [2.45, 2.75) is 52.2 Å². The van der Waals surface area contributed by atoms with Crippen molar-refractivity contribution in [1.29, 1.82) is 0 Å². The number of aliphatic carboxylic acids is 1. The number of carbonyl (C=O) groups excluding carboxylic acids is 3. The van der Waals surface area contributed by atoms with E-state index >= 15 is 0 Å². The number of esters is 1. The number of rotatable bonds is 5. The van der Waals surface area contributed by atoms with Crippen LogP contribution in [0.1, 0.15) is 39.2 Å². The standard InChI is InChI=1S/C21H26N2O7/c1-21(2,3)11-16(25)30-18(20(27)28)17-19(26)23(8-9-29-17)13-6-4-12-5-7-15(24)22-14(12)10-13/h4,6,10,17-18H,5,7-9,11H2,1-3H3,(H,22,24)(H,27,28)/t17-,18-/m1/s1. The maximum atomic E-state index is 13.0. The number of morpholine rings is 1. The molecule has 162 valence electrons. The van der Waals surface area contributed by atoms with Crippen LogP contribution in [0.3, 0.4) is 0 Å². The first kappa shape index (κ1) is 21.8. The smallest absolute Gasteiger partial charge is 0.348 e. The molecule has 9 heteroatoms. The van der Waals surface area contributed by atoms with Gasteiger partial charge in [0.25, 0.3) is 5.91 Å². The number of fused-ring (bicyclic) bond motifs is 1. The van der Waals surface area contributed by atoms with Gasteiger partial charge in [-0.3, -0.25) is 14.4 Å². The molecule has 2 N–H and O–H groups in total. The van der Waals surface area contributed by atoms with Crippen molar-refractivity contribution >= 4 is 35.1 Å². The van der Waals surface area contributed by atoms with Crippen LogP contribution in [0.5, 0.6) is 0 Å². The predicted octanol–water partition coefficient (Wildman–Crippen LogP) is 1.74. The monoisotopic (exact) mass is 418 g/mol. The first-order chi connectivity index (χ1) is 14.0. The van der Waals surface area contributed by atoms with Crippen molar-refractivity contribution in [1.82, 2.24) is 0 Å². The predicted molar refractivity (Wildman–Crippen MR) is 107 cm³/mol. The van der Waals surface area contributed by atoms with E-state index in [0.717, 1.165) is 5.56 Å². The summed E-state index contributed by atoms with van der Waals surface area (Å²) in [6, 6.07) is 5.27. The van der Waals surface area contributed by atoms with Crippen LogP contribution < -0.4 is 10.2 Å². The molecule has 0 bridgehead atoms. The Morgan fingerprint density at radius 2 is 2.03 bits per heavy atom. The van der Waals surface area contributed by atoms with E-state index in [4.69, 9.17) is 9.47 Å². The van der Waals surface area contributed by atoms with Crippen LogP contribution in [0.2, 0.25) is 0 Å². The summed E-state index contributed by atoms with van der Waals surface area (Å²) in [5.74, 6) is -2.86. The van der Waals surface area contributed by atoms with Crippen molar-refractivity contribution in [2.75, 3.05) is 23.4 Å². The largest absolute Gasteiger partial charge is 0.478 e. The van der Waals surface area contributed by atoms with Crippen LogP contribution in [0.25, 0.3) is 0 Å². The Morgan fingerprint density at radius 1 is 1.30 bits per heavy atom. The number of hydrogen-bond acceptors (Lipinski definition) is 6.